The van der Waals surface area contributed by atoms with Crippen molar-refractivity contribution in [1.82, 2.24) is 19.9 Å². The molecule has 0 unspecified atom stereocenters. The number of ether oxygens (including phenoxy) is 1. The summed E-state index contributed by atoms with van der Waals surface area (Å²) < 4.78 is 5.35. The molecule has 1 saturated heterocycles. The summed E-state index contributed by atoms with van der Waals surface area (Å²) in [5.74, 6) is 1.87. The largest absolute Gasteiger partial charge is 0.382 e. The summed E-state index contributed by atoms with van der Waals surface area (Å²) in [5.41, 5.74) is 7.20. The van der Waals surface area contributed by atoms with Crippen LogP contribution in [0.4, 0.5) is 5.82 Å². The van der Waals surface area contributed by atoms with Crippen LogP contribution in [0, 0.1) is 5.92 Å². The minimum atomic E-state index is 0.453. The van der Waals surface area contributed by atoms with Crippen molar-refractivity contribution < 1.29 is 4.74 Å². The predicted octanol–water partition coefficient (Wildman–Crippen LogP) is 0.904. The fraction of sp³-hybridized carbons (Fsp3) is 0.545. The zero-order valence-electron chi connectivity index (χ0n) is 9.52. The number of hydrogen-bond acceptors (Lipinski definition) is 5. The van der Waals surface area contributed by atoms with Gasteiger partial charge in [-0.2, -0.15) is 0 Å². The average Bonchev–Trinajstić information content (AvgIpc) is 2.97. The summed E-state index contributed by atoms with van der Waals surface area (Å²) in [6, 6.07) is 0. The molecule has 0 saturated carbocycles. The standard InChI is InChI=1S/C11H15N5O/c12-10-9-11(14-6-13-9)16-8(15-10)2-1-7-3-4-17-5-7/h6-7H,1-5H2,(H3,12,13,14,15,16)/t7-/m1/s1. The molecule has 1 fully saturated rings. The Morgan fingerprint density at radius 1 is 1.47 bits per heavy atom. The molecule has 0 radical (unpaired) electrons. The molecule has 6 heteroatoms. The molecule has 6 nitrogen and oxygen atoms in total. The lowest BCUT2D eigenvalue weighted by Crippen LogP contribution is -2.05. The number of aryl methyl sites for hydroxylation is 1. The topological polar surface area (TPSA) is 89.7 Å². The van der Waals surface area contributed by atoms with Crippen molar-refractivity contribution in [2.75, 3.05) is 18.9 Å². The Hall–Kier alpha value is -1.69. The van der Waals surface area contributed by atoms with Gasteiger partial charge in [0.05, 0.1) is 6.33 Å². The van der Waals surface area contributed by atoms with Crippen molar-refractivity contribution >= 4 is 17.0 Å². The maximum Gasteiger partial charge on any atom is 0.163 e. The van der Waals surface area contributed by atoms with Crippen LogP contribution in [0.5, 0.6) is 0 Å². The molecule has 3 heterocycles. The van der Waals surface area contributed by atoms with E-state index in [2.05, 4.69) is 19.9 Å². The summed E-state index contributed by atoms with van der Waals surface area (Å²) in [4.78, 5) is 15.7. The molecular weight excluding hydrogens is 218 g/mol. The second-order valence-corrected chi connectivity index (χ2v) is 4.39. The molecule has 3 rings (SSSR count). The van der Waals surface area contributed by atoms with E-state index >= 15 is 0 Å². The minimum Gasteiger partial charge on any atom is -0.382 e. The number of nitrogen functional groups attached to an aromatic ring is 1. The van der Waals surface area contributed by atoms with Crippen molar-refractivity contribution in [3.05, 3.63) is 12.2 Å². The summed E-state index contributed by atoms with van der Waals surface area (Å²) in [5, 5.41) is 0. The van der Waals surface area contributed by atoms with Gasteiger partial charge in [-0.3, -0.25) is 0 Å². The van der Waals surface area contributed by atoms with Crippen LogP contribution >= 0.6 is 0 Å². The second kappa shape index (κ2) is 4.29. The van der Waals surface area contributed by atoms with Gasteiger partial charge in [0.1, 0.15) is 11.3 Å². The quantitative estimate of drug-likeness (QED) is 0.822. The summed E-state index contributed by atoms with van der Waals surface area (Å²) in [6.07, 6.45) is 4.62. The molecule has 0 spiro atoms. The number of nitrogens with two attached hydrogens (primary N) is 1. The van der Waals surface area contributed by atoms with Crippen LogP contribution in [-0.2, 0) is 11.2 Å². The van der Waals surface area contributed by atoms with Crippen LogP contribution in [0.3, 0.4) is 0 Å². The van der Waals surface area contributed by atoms with Gasteiger partial charge in [0.25, 0.3) is 0 Å². The monoisotopic (exact) mass is 233 g/mol. The van der Waals surface area contributed by atoms with Gasteiger partial charge < -0.3 is 15.5 Å². The normalized spacial score (nSPS) is 20.1. The smallest absolute Gasteiger partial charge is 0.163 e. The van der Waals surface area contributed by atoms with Crippen LogP contribution in [0.15, 0.2) is 6.33 Å². The molecule has 1 aliphatic rings. The van der Waals surface area contributed by atoms with Gasteiger partial charge in [-0.15, -0.1) is 0 Å². The highest BCUT2D eigenvalue weighted by Crippen LogP contribution is 2.19. The van der Waals surface area contributed by atoms with E-state index in [-0.39, 0.29) is 0 Å². The van der Waals surface area contributed by atoms with Gasteiger partial charge in [-0.25, -0.2) is 15.0 Å². The number of nitrogens with one attached hydrogen (secondary N) is 1. The molecule has 0 amide bonds. The maximum absolute atomic E-state index is 5.83. The first-order valence-electron chi connectivity index (χ1n) is 5.86. The van der Waals surface area contributed by atoms with Crippen molar-refractivity contribution in [2.45, 2.75) is 19.3 Å². The van der Waals surface area contributed by atoms with E-state index in [0.29, 0.717) is 17.3 Å². The average molecular weight is 233 g/mol. The molecule has 17 heavy (non-hydrogen) atoms. The van der Waals surface area contributed by atoms with E-state index in [1.54, 1.807) is 6.33 Å². The first kappa shape index (κ1) is 10.5. The van der Waals surface area contributed by atoms with Gasteiger partial charge in [0, 0.05) is 19.6 Å². The third-order valence-electron chi connectivity index (χ3n) is 3.15. The van der Waals surface area contributed by atoms with Crippen LogP contribution in [0.2, 0.25) is 0 Å². The minimum absolute atomic E-state index is 0.453. The first-order chi connectivity index (χ1) is 8.33. The third kappa shape index (κ3) is 2.08. The Morgan fingerprint density at radius 3 is 3.24 bits per heavy atom. The van der Waals surface area contributed by atoms with Crippen LogP contribution < -0.4 is 5.73 Å². The highest BCUT2D eigenvalue weighted by molar-refractivity contribution is 5.80. The van der Waals surface area contributed by atoms with Crippen LogP contribution in [0.1, 0.15) is 18.7 Å². The van der Waals surface area contributed by atoms with E-state index in [4.69, 9.17) is 10.5 Å². The van der Waals surface area contributed by atoms with Gasteiger partial charge >= 0.3 is 0 Å². The number of aromatic nitrogens is 4. The summed E-state index contributed by atoms with van der Waals surface area (Å²) in [7, 11) is 0. The molecule has 2 aromatic heterocycles. The number of nitrogens with zero attached hydrogens (tertiary/aromatic N) is 3. The first-order valence-corrected chi connectivity index (χ1v) is 5.86. The molecule has 0 aromatic carbocycles. The highest BCUT2D eigenvalue weighted by atomic mass is 16.5. The van der Waals surface area contributed by atoms with Crippen LogP contribution in [-0.4, -0.2) is 33.1 Å². The Balaban J connectivity index is 1.75. The fourth-order valence-electron chi connectivity index (χ4n) is 2.16. The van der Waals surface area contributed by atoms with E-state index in [9.17, 15) is 0 Å². The predicted molar refractivity (Wildman–Crippen MR) is 63.3 cm³/mol. The van der Waals surface area contributed by atoms with E-state index in [1.165, 1.54) is 0 Å². The molecule has 90 valence electrons. The van der Waals surface area contributed by atoms with E-state index in [1.807, 2.05) is 0 Å². The number of anilines is 1. The Labute approximate surface area is 98.6 Å². The number of H-pyrrole nitrogens is 1. The molecule has 1 aliphatic heterocycles. The van der Waals surface area contributed by atoms with Gasteiger partial charge in [-0.05, 0) is 18.8 Å². The summed E-state index contributed by atoms with van der Waals surface area (Å²) in [6.45, 7) is 1.75. The number of fused-ring (bicyclic) bond motifs is 1. The highest BCUT2D eigenvalue weighted by Gasteiger charge is 2.16. The number of rotatable bonds is 3. The van der Waals surface area contributed by atoms with E-state index in [0.717, 1.165) is 43.9 Å². The lowest BCUT2D eigenvalue weighted by atomic mass is 10.0. The second-order valence-electron chi connectivity index (χ2n) is 4.39. The lowest BCUT2D eigenvalue weighted by molar-refractivity contribution is 0.184. The van der Waals surface area contributed by atoms with Crippen LogP contribution in [0.25, 0.3) is 11.2 Å². The van der Waals surface area contributed by atoms with Gasteiger partial charge in [0.2, 0.25) is 0 Å². The number of aromatic amines is 1. The fourth-order valence-corrected chi connectivity index (χ4v) is 2.16. The maximum atomic E-state index is 5.83. The molecular formula is C11H15N5O. The van der Waals surface area contributed by atoms with Gasteiger partial charge in [-0.1, -0.05) is 0 Å². The zero-order chi connectivity index (χ0) is 11.7. The third-order valence-corrected chi connectivity index (χ3v) is 3.15. The van der Waals surface area contributed by atoms with Crippen molar-refractivity contribution in [3.8, 4) is 0 Å². The van der Waals surface area contributed by atoms with Gasteiger partial charge in [0.15, 0.2) is 11.5 Å². The molecule has 2 aromatic rings. The molecule has 0 aliphatic carbocycles. The number of hydrogen-bond donors (Lipinski definition) is 2. The van der Waals surface area contributed by atoms with Crippen molar-refractivity contribution in [1.29, 1.82) is 0 Å². The number of imidazole rings is 1. The van der Waals surface area contributed by atoms with Crippen molar-refractivity contribution in [3.63, 3.8) is 0 Å². The van der Waals surface area contributed by atoms with E-state index < -0.39 is 0 Å². The Kier molecular flexibility index (Phi) is 2.64. The summed E-state index contributed by atoms with van der Waals surface area (Å²) >= 11 is 0. The molecule has 1 atom stereocenters. The molecule has 3 N–H and O–H groups in total. The SMILES string of the molecule is Nc1nc(CC[C@@H]2CCOC2)nc2[nH]cnc12. The Bertz CT molecular complexity index is 518. The lowest BCUT2D eigenvalue weighted by Gasteiger charge is -2.06. The molecule has 0 bridgehead atoms. The zero-order valence-corrected chi connectivity index (χ0v) is 9.52. The Morgan fingerprint density at radius 2 is 2.41 bits per heavy atom. The van der Waals surface area contributed by atoms with Crippen molar-refractivity contribution in [2.24, 2.45) is 5.92 Å².